The van der Waals surface area contributed by atoms with Crippen LogP contribution in [0.2, 0.25) is 0 Å². The number of alkyl halides is 3. The molecule has 0 radical (unpaired) electrons. The van der Waals surface area contributed by atoms with Crippen LogP contribution >= 0.6 is 0 Å². The molecular formula is C22H19F3O6. The summed E-state index contributed by atoms with van der Waals surface area (Å²) < 4.78 is 61.4. The van der Waals surface area contributed by atoms with Gasteiger partial charge in [-0.3, -0.25) is 4.79 Å². The van der Waals surface area contributed by atoms with Gasteiger partial charge in [0.15, 0.2) is 6.10 Å². The van der Waals surface area contributed by atoms with Gasteiger partial charge in [-0.2, -0.15) is 13.2 Å². The molecule has 3 aromatic rings. The van der Waals surface area contributed by atoms with Crippen LogP contribution in [0.25, 0.3) is 11.0 Å². The van der Waals surface area contributed by atoms with E-state index in [0.717, 1.165) is 11.6 Å². The number of benzene rings is 2. The molecule has 6 nitrogen and oxygen atoms in total. The van der Waals surface area contributed by atoms with E-state index in [1.807, 2.05) is 0 Å². The van der Waals surface area contributed by atoms with Crippen LogP contribution in [0.3, 0.4) is 0 Å². The highest BCUT2D eigenvalue weighted by Gasteiger charge is 2.40. The minimum atomic E-state index is -4.98. The smallest absolute Gasteiger partial charge is 0.453 e. The minimum Gasteiger partial charge on any atom is -0.479 e. The molecule has 0 aliphatic carbocycles. The molecule has 1 aromatic heterocycles. The molecule has 164 valence electrons. The summed E-state index contributed by atoms with van der Waals surface area (Å²) in [7, 11) is 0. The van der Waals surface area contributed by atoms with Crippen LogP contribution in [0.4, 0.5) is 13.2 Å². The molecule has 0 amide bonds. The quantitative estimate of drug-likeness (QED) is 0.492. The fraction of sp³-hybridized carbons (Fsp3) is 0.273. The summed E-state index contributed by atoms with van der Waals surface area (Å²) in [4.78, 5) is 24.5. The molecule has 0 saturated carbocycles. The molecule has 0 N–H and O–H groups in total. The molecule has 1 unspecified atom stereocenters. The second-order valence-electron chi connectivity index (χ2n) is 6.67. The van der Waals surface area contributed by atoms with E-state index in [4.69, 9.17) is 18.6 Å². The fourth-order valence-corrected chi connectivity index (χ4v) is 2.75. The Morgan fingerprint density at radius 3 is 2.35 bits per heavy atom. The summed E-state index contributed by atoms with van der Waals surface area (Å²) in [6, 6.07) is 9.88. The van der Waals surface area contributed by atoms with Gasteiger partial charge in [0.2, 0.25) is 11.2 Å². The Bertz CT molecular complexity index is 1150. The zero-order chi connectivity index (χ0) is 22.8. The van der Waals surface area contributed by atoms with Gasteiger partial charge in [0, 0.05) is 6.07 Å². The first kappa shape index (κ1) is 22.2. The first-order valence-corrected chi connectivity index (χ1v) is 9.36. The van der Waals surface area contributed by atoms with Crippen molar-refractivity contribution in [1.29, 1.82) is 0 Å². The summed E-state index contributed by atoms with van der Waals surface area (Å²) >= 11 is 0. The van der Waals surface area contributed by atoms with Crippen molar-refractivity contribution in [3.8, 4) is 17.2 Å². The van der Waals surface area contributed by atoms with Crippen molar-refractivity contribution >= 4 is 16.9 Å². The molecular weight excluding hydrogens is 417 g/mol. The van der Waals surface area contributed by atoms with E-state index < -0.39 is 35.2 Å². The number of hydrogen-bond donors (Lipinski definition) is 0. The second kappa shape index (κ2) is 8.71. The second-order valence-corrected chi connectivity index (χ2v) is 6.67. The topological polar surface area (TPSA) is 75.0 Å². The lowest BCUT2D eigenvalue weighted by atomic mass is 10.2. The van der Waals surface area contributed by atoms with Gasteiger partial charge in [-0.15, -0.1) is 0 Å². The van der Waals surface area contributed by atoms with Gasteiger partial charge in [0.1, 0.15) is 17.1 Å². The number of fused-ring (bicyclic) bond motifs is 1. The third kappa shape index (κ3) is 4.99. The van der Waals surface area contributed by atoms with Crippen molar-refractivity contribution in [2.24, 2.45) is 0 Å². The van der Waals surface area contributed by atoms with E-state index >= 15 is 0 Å². The number of ether oxygens (including phenoxy) is 3. The molecule has 0 aliphatic heterocycles. The zero-order valence-corrected chi connectivity index (χ0v) is 16.9. The number of rotatable bonds is 6. The maximum Gasteiger partial charge on any atom is 0.453 e. The molecule has 0 bridgehead atoms. The van der Waals surface area contributed by atoms with Gasteiger partial charge in [-0.25, -0.2) is 4.79 Å². The monoisotopic (exact) mass is 436 g/mol. The number of halogens is 3. The van der Waals surface area contributed by atoms with E-state index in [1.54, 1.807) is 26.0 Å². The Morgan fingerprint density at radius 1 is 1.10 bits per heavy atom. The lowest BCUT2D eigenvalue weighted by molar-refractivity contribution is -0.154. The van der Waals surface area contributed by atoms with Crippen molar-refractivity contribution in [3.05, 3.63) is 64.0 Å². The van der Waals surface area contributed by atoms with Crippen LogP contribution in [-0.2, 0) is 15.7 Å². The van der Waals surface area contributed by atoms with Crippen LogP contribution in [0.15, 0.2) is 51.7 Å². The van der Waals surface area contributed by atoms with Crippen LogP contribution in [-0.4, -0.2) is 18.7 Å². The van der Waals surface area contributed by atoms with Gasteiger partial charge < -0.3 is 18.6 Å². The molecule has 1 heterocycles. The van der Waals surface area contributed by atoms with Gasteiger partial charge in [0.05, 0.1) is 12.0 Å². The standard InChI is InChI=1S/C22H19F3O6/c1-4-28-21(27)13(3)29-15-9-10-16-17(11-15)31-20(22(23,24)25)19(18(16)26)30-14-7-5-12(2)6-8-14/h5-11,13H,4H2,1-3H3. The Morgan fingerprint density at radius 2 is 1.74 bits per heavy atom. The number of esters is 1. The summed E-state index contributed by atoms with van der Waals surface area (Å²) in [5.74, 6) is -3.07. The lowest BCUT2D eigenvalue weighted by Crippen LogP contribution is -2.26. The van der Waals surface area contributed by atoms with E-state index in [-0.39, 0.29) is 29.1 Å². The molecule has 3 rings (SSSR count). The highest BCUT2D eigenvalue weighted by molar-refractivity contribution is 5.80. The average molecular weight is 436 g/mol. The fourth-order valence-electron chi connectivity index (χ4n) is 2.75. The Hall–Kier alpha value is -3.49. The van der Waals surface area contributed by atoms with Crippen LogP contribution < -0.4 is 14.9 Å². The maximum atomic E-state index is 13.6. The Balaban J connectivity index is 2.05. The third-order valence-corrected chi connectivity index (χ3v) is 4.25. The van der Waals surface area contributed by atoms with Crippen molar-refractivity contribution in [3.63, 3.8) is 0 Å². The number of hydrogen-bond acceptors (Lipinski definition) is 6. The largest absolute Gasteiger partial charge is 0.479 e. The van der Waals surface area contributed by atoms with Gasteiger partial charge in [-0.1, -0.05) is 17.7 Å². The minimum absolute atomic E-state index is 0.0385. The molecule has 31 heavy (non-hydrogen) atoms. The molecule has 2 aromatic carbocycles. The van der Waals surface area contributed by atoms with E-state index in [2.05, 4.69) is 0 Å². The normalized spacial score (nSPS) is 12.5. The number of aryl methyl sites for hydroxylation is 1. The first-order chi connectivity index (χ1) is 14.6. The van der Waals surface area contributed by atoms with Crippen molar-refractivity contribution in [1.82, 2.24) is 0 Å². The summed E-state index contributed by atoms with van der Waals surface area (Å²) in [5.41, 5.74) is -0.472. The number of carbonyl (C=O) groups excluding carboxylic acids is 1. The summed E-state index contributed by atoms with van der Waals surface area (Å²) in [6.07, 6.45) is -5.99. The Kier molecular flexibility index (Phi) is 6.24. The predicted molar refractivity (Wildman–Crippen MR) is 105 cm³/mol. The first-order valence-electron chi connectivity index (χ1n) is 9.36. The summed E-state index contributed by atoms with van der Waals surface area (Å²) in [5, 5.41) is -0.133. The van der Waals surface area contributed by atoms with Crippen molar-refractivity contribution < 1.29 is 36.6 Å². The predicted octanol–water partition coefficient (Wildman–Crippen LogP) is 5.24. The van der Waals surface area contributed by atoms with E-state index in [0.29, 0.717) is 0 Å². The molecule has 0 saturated heterocycles. The molecule has 0 spiro atoms. The van der Waals surface area contributed by atoms with E-state index in [1.165, 1.54) is 31.2 Å². The average Bonchev–Trinajstić information content (AvgIpc) is 2.70. The molecule has 1 atom stereocenters. The van der Waals surface area contributed by atoms with Gasteiger partial charge in [-0.05, 0) is 45.0 Å². The number of carbonyl (C=O) groups is 1. The highest BCUT2D eigenvalue weighted by Crippen LogP contribution is 2.38. The van der Waals surface area contributed by atoms with E-state index in [9.17, 15) is 22.8 Å². The van der Waals surface area contributed by atoms with Crippen LogP contribution in [0, 0.1) is 6.92 Å². The third-order valence-electron chi connectivity index (χ3n) is 4.25. The van der Waals surface area contributed by atoms with Gasteiger partial charge >= 0.3 is 12.1 Å². The highest BCUT2D eigenvalue weighted by atomic mass is 19.4. The molecule has 9 heteroatoms. The van der Waals surface area contributed by atoms with Crippen LogP contribution in [0.1, 0.15) is 25.2 Å². The van der Waals surface area contributed by atoms with Crippen LogP contribution in [0.5, 0.6) is 17.2 Å². The van der Waals surface area contributed by atoms with Crippen molar-refractivity contribution in [2.45, 2.75) is 33.1 Å². The lowest BCUT2D eigenvalue weighted by Gasteiger charge is -2.15. The Labute approximate surface area is 175 Å². The molecule has 0 fully saturated rings. The molecule has 0 aliphatic rings. The maximum absolute atomic E-state index is 13.6. The van der Waals surface area contributed by atoms with Gasteiger partial charge in [0.25, 0.3) is 5.76 Å². The zero-order valence-electron chi connectivity index (χ0n) is 16.9. The summed E-state index contributed by atoms with van der Waals surface area (Å²) in [6.45, 7) is 5.01. The SMILES string of the molecule is CCOC(=O)C(C)Oc1ccc2c(=O)c(Oc3ccc(C)cc3)c(C(F)(F)F)oc2c1. The van der Waals surface area contributed by atoms with Crippen molar-refractivity contribution in [2.75, 3.05) is 6.61 Å².